The van der Waals surface area contributed by atoms with Crippen molar-refractivity contribution in [1.82, 2.24) is 4.98 Å². The molecular weight excluding hydrogens is 263 g/mol. The predicted octanol–water partition coefficient (Wildman–Crippen LogP) is 4.66. The lowest BCUT2D eigenvalue weighted by Gasteiger charge is -2.13. The molecule has 0 fully saturated rings. The molecule has 0 unspecified atom stereocenters. The van der Waals surface area contributed by atoms with Crippen molar-refractivity contribution in [2.75, 3.05) is 11.9 Å². The quantitative estimate of drug-likeness (QED) is 0.881. The second-order valence-electron chi connectivity index (χ2n) is 5.07. The zero-order chi connectivity index (χ0) is 14.0. The van der Waals surface area contributed by atoms with E-state index in [9.17, 15) is 4.39 Å². The minimum absolute atomic E-state index is 0.353. The number of halogens is 2. The number of fused-ring (bicyclic) bond motifs is 1. The lowest BCUT2D eigenvalue weighted by molar-refractivity contribution is 0.628. The molecule has 0 saturated heterocycles. The standard InChI is InChI=1S/C15H18ClFN2/c1-4-18-13-8-11(5-9(2)3)19-14-7-10(17)6-12(16)15(13)14/h6-9H,4-5H2,1-3H3,(H,18,19). The van der Waals surface area contributed by atoms with Crippen molar-refractivity contribution in [3.8, 4) is 0 Å². The van der Waals surface area contributed by atoms with E-state index in [0.29, 0.717) is 16.5 Å². The summed E-state index contributed by atoms with van der Waals surface area (Å²) < 4.78 is 13.5. The highest BCUT2D eigenvalue weighted by Gasteiger charge is 2.11. The third-order valence-electron chi connectivity index (χ3n) is 2.86. The topological polar surface area (TPSA) is 24.9 Å². The molecule has 1 heterocycles. The average Bonchev–Trinajstić information content (AvgIpc) is 2.26. The Hall–Kier alpha value is -1.35. The van der Waals surface area contributed by atoms with Crippen LogP contribution in [0.2, 0.25) is 5.02 Å². The monoisotopic (exact) mass is 280 g/mol. The third kappa shape index (κ3) is 3.16. The van der Waals surface area contributed by atoms with Crippen molar-refractivity contribution in [2.45, 2.75) is 27.2 Å². The van der Waals surface area contributed by atoms with E-state index < -0.39 is 0 Å². The zero-order valence-electron chi connectivity index (χ0n) is 11.4. The number of aromatic nitrogens is 1. The second kappa shape index (κ2) is 5.74. The van der Waals surface area contributed by atoms with Gasteiger partial charge in [-0.15, -0.1) is 0 Å². The lowest BCUT2D eigenvalue weighted by atomic mass is 10.1. The Morgan fingerprint density at radius 2 is 2.05 bits per heavy atom. The molecule has 4 heteroatoms. The van der Waals surface area contributed by atoms with Gasteiger partial charge in [0.1, 0.15) is 5.82 Å². The number of hydrogen-bond donors (Lipinski definition) is 1. The van der Waals surface area contributed by atoms with Gasteiger partial charge < -0.3 is 5.32 Å². The van der Waals surface area contributed by atoms with Gasteiger partial charge in [-0.2, -0.15) is 0 Å². The fourth-order valence-electron chi connectivity index (χ4n) is 2.19. The van der Waals surface area contributed by atoms with Crippen LogP contribution in [0.5, 0.6) is 0 Å². The SMILES string of the molecule is CCNc1cc(CC(C)C)nc2cc(F)cc(Cl)c12. The summed E-state index contributed by atoms with van der Waals surface area (Å²) in [6.07, 6.45) is 0.864. The molecule has 1 aromatic carbocycles. The van der Waals surface area contributed by atoms with Crippen LogP contribution in [0.3, 0.4) is 0 Å². The van der Waals surface area contributed by atoms with Gasteiger partial charge in [-0.25, -0.2) is 4.39 Å². The van der Waals surface area contributed by atoms with E-state index in [1.54, 1.807) is 0 Å². The van der Waals surface area contributed by atoms with Crippen LogP contribution in [0.25, 0.3) is 10.9 Å². The fourth-order valence-corrected chi connectivity index (χ4v) is 2.50. The zero-order valence-corrected chi connectivity index (χ0v) is 12.2. The number of nitrogens with one attached hydrogen (secondary N) is 1. The molecule has 19 heavy (non-hydrogen) atoms. The van der Waals surface area contributed by atoms with Crippen molar-refractivity contribution >= 4 is 28.2 Å². The largest absolute Gasteiger partial charge is 0.385 e. The first-order valence-corrected chi connectivity index (χ1v) is 6.91. The Balaban J connectivity index is 2.64. The molecular formula is C15H18ClFN2. The molecule has 1 N–H and O–H groups in total. The van der Waals surface area contributed by atoms with Crippen LogP contribution in [-0.2, 0) is 6.42 Å². The summed E-state index contributed by atoms with van der Waals surface area (Å²) in [5, 5.41) is 4.46. The molecule has 0 aliphatic carbocycles. The van der Waals surface area contributed by atoms with Crippen LogP contribution >= 0.6 is 11.6 Å². The summed E-state index contributed by atoms with van der Waals surface area (Å²) in [5.41, 5.74) is 2.49. The molecule has 0 aliphatic heterocycles. The van der Waals surface area contributed by atoms with Crippen molar-refractivity contribution in [2.24, 2.45) is 5.92 Å². The molecule has 0 aliphatic rings. The molecule has 0 bridgehead atoms. The number of benzene rings is 1. The summed E-state index contributed by atoms with van der Waals surface area (Å²) in [6, 6.07) is 4.77. The van der Waals surface area contributed by atoms with Gasteiger partial charge in [-0.3, -0.25) is 4.98 Å². The Labute approximate surface area is 118 Å². The van der Waals surface area contributed by atoms with Crippen LogP contribution < -0.4 is 5.32 Å². The maximum absolute atomic E-state index is 13.5. The number of hydrogen-bond acceptors (Lipinski definition) is 2. The highest BCUT2D eigenvalue weighted by atomic mass is 35.5. The first-order chi connectivity index (χ1) is 9.01. The summed E-state index contributed by atoms with van der Waals surface area (Å²) in [4.78, 5) is 4.52. The molecule has 2 nitrogen and oxygen atoms in total. The van der Waals surface area contributed by atoms with Crippen LogP contribution in [0.4, 0.5) is 10.1 Å². The Kier molecular flexibility index (Phi) is 4.25. The number of rotatable bonds is 4. The van der Waals surface area contributed by atoms with Crippen molar-refractivity contribution in [3.63, 3.8) is 0 Å². The van der Waals surface area contributed by atoms with E-state index >= 15 is 0 Å². The summed E-state index contributed by atoms with van der Waals surface area (Å²) in [7, 11) is 0. The predicted molar refractivity (Wildman–Crippen MR) is 79.4 cm³/mol. The van der Waals surface area contributed by atoms with Gasteiger partial charge in [-0.1, -0.05) is 25.4 Å². The highest BCUT2D eigenvalue weighted by Crippen LogP contribution is 2.31. The van der Waals surface area contributed by atoms with Crippen molar-refractivity contribution in [1.29, 1.82) is 0 Å². The maximum Gasteiger partial charge on any atom is 0.126 e. The first-order valence-electron chi connectivity index (χ1n) is 6.53. The van der Waals surface area contributed by atoms with Gasteiger partial charge in [0.2, 0.25) is 0 Å². The lowest BCUT2D eigenvalue weighted by Crippen LogP contribution is -2.03. The van der Waals surface area contributed by atoms with E-state index in [-0.39, 0.29) is 5.82 Å². The molecule has 0 amide bonds. The van der Waals surface area contributed by atoms with Gasteiger partial charge in [0.05, 0.1) is 10.5 Å². The molecule has 0 atom stereocenters. The molecule has 2 rings (SSSR count). The minimum Gasteiger partial charge on any atom is -0.385 e. The van der Waals surface area contributed by atoms with Gasteiger partial charge >= 0.3 is 0 Å². The summed E-state index contributed by atoms with van der Waals surface area (Å²) in [5.74, 6) is 0.151. The molecule has 0 spiro atoms. The number of nitrogens with zero attached hydrogens (tertiary/aromatic N) is 1. The molecule has 0 radical (unpaired) electrons. The Morgan fingerprint density at radius 1 is 1.32 bits per heavy atom. The van der Waals surface area contributed by atoms with Crippen molar-refractivity contribution in [3.05, 3.63) is 34.7 Å². The average molecular weight is 281 g/mol. The Morgan fingerprint density at radius 3 is 2.68 bits per heavy atom. The molecule has 0 saturated carbocycles. The van der Waals surface area contributed by atoms with E-state index in [1.165, 1.54) is 12.1 Å². The first kappa shape index (κ1) is 14.1. The highest BCUT2D eigenvalue weighted by molar-refractivity contribution is 6.36. The van der Waals surface area contributed by atoms with Gasteiger partial charge in [0.25, 0.3) is 0 Å². The van der Waals surface area contributed by atoms with Crippen LogP contribution in [0.1, 0.15) is 26.5 Å². The summed E-state index contributed by atoms with van der Waals surface area (Å²) in [6.45, 7) is 7.08. The smallest absolute Gasteiger partial charge is 0.126 e. The van der Waals surface area contributed by atoms with E-state index in [4.69, 9.17) is 11.6 Å². The second-order valence-corrected chi connectivity index (χ2v) is 5.48. The third-order valence-corrected chi connectivity index (χ3v) is 3.16. The molecule has 102 valence electrons. The van der Waals surface area contributed by atoms with E-state index in [0.717, 1.165) is 29.7 Å². The normalized spacial score (nSPS) is 11.3. The number of pyridine rings is 1. The van der Waals surface area contributed by atoms with Crippen LogP contribution in [-0.4, -0.2) is 11.5 Å². The van der Waals surface area contributed by atoms with Gasteiger partial charge in [0.15, 0.2) is 0 Å². The Bertz CT molecular complexity index is 596. The van der Waals surface area contributed by atoms with Crippen LogP contribution in [0.15, 0.2) is 18.2 Å². The summed E-state index contributed by atoms with van der Waals surface area (Å²) >= 11 is 6.14. The minimum atomic E-state index is -0.353. The number of anilines is 1. The van der Waals surface area contributed by atoms with Crippen molar-refractivity contribution < 1.29 is 4.39 Å². The molecule has 2 aromatic rings. The molecule has 1 aromatic heterocycles. The van der Waals surface area contributed by atoms with E-state index in [1.807, 2.05) is 13.0 Å². The van der Waals surface area contributed by atoms with Gasteiger partial charge in [-0.05, 0) is 31.4 Å². The fraction of sp³-hybridized carbons (Fsp3) is 0.400. The van der Waals surface area contributed by atoms with E-state index in [2.05, 4.69) is 24.1 Å². The van der Waals surface area contributed by atoms with Gasteiger partial charge in [0, 0.05) is 29.4 Å². The van der Waals surface area contributed by atoms with Crippen LogP contribution in [0, 0.1) is 11.7 Å². The maximum atomic E-state index is 13.5.